The van der Waals surface area contributed by atoms with Gasteiger partial charge >= 0.3 is 18.0 Å². The average molecular weight is 336 g/mol. The molecule has 2 atom stereocenters. The van der Waals surface area contributed by atoms with E-state index in [2.05, 4.69) is 10.6 Å². The normalized spacial score (nSPS) is 23.3. The fraction of sp³-hybridized carbons (Fsp3) is 0.588. The molecule has 2 rings (SSSR count). The minimum Gasteiger partial charge on any atom is -0.463 e. The van der Waals surface area contributed by atoms with Crippen LogP contribution in [0, 0.1) is 5.92 Å². The van der Waals surface area contributed by atoms with Gasteiger partial charge in [-0.3, -0.25) is 4.79 Å². The molecular formula is C17H24N2O5. The van der Waals surface area contributed by atoms with Gasteiger partial charge in [0.15, 0.2) is 0 Å². The molecule has 0 radical (unpaired) electrons. The highest BCUT2D eigenvalue weighted by Gasteiger charge is 2.32. The first-order valence-electron chi connectivity index (χ1n) is 8.36. The summed E-state index contributed by atoms with van der Waals surface area (Å²) in [6.45, 7) is 3.66. The van der Waals surface area contributed by atoms with Crippen LogP contribution >= 0.6 is 0 Å². The summed E-state index contributed by atoms with van der Waals surface area (Å²) in [5.74, 6) is -0.986. The third-order valence-corrected chi connectivity index (χ3v) is 4.11. The Hall–Kier alpha value is -2.31. The Labute approximate surface area is 141 Å². The second kappa shape index (κ2) is 8.52. The van der Waals surface area contributed by atoms with Crippen molar-refractivity contribution in [2.75, 3.05) is 13.2 Å². The standard InChI is InChI=1S/C17H24N2O5/c1-3-12-14(16(21)23-4-2)13(19-17(22)18-12)10-24-15(20)11-8-6-5-7-9-11/h5-6,11-12H,3-4,7-10H2,1-2H3,(H2,18,19,22)/t11-,12-/m1/s1. The second-order valence-corrected chi connectivity index (χ2v) is 5.76. The van der Waals surface area contributed by atoms with Crippen molar-refractivity contribution in [3.05, 3.63) is 23.4 Å². The Bertz CT molecular complexity index is 567. The Balaban J connectivity index is 2.11. The summed E-state index contributed by atoms with van der Waals surface area (Å²) in [5.41, 5.74) is 0.610. The highest BCUT2D eigenvalue weighted by Crippen LogP contribution is 2.21. The molecule has 0 bridgehead atoms. The molecular weight excluding hydrogens is 312 g/mol. The van der Waals surface area contributed by atoms with Crippen LogP contribution in [0.5, 0.6) is 0 Å². The van der Waals surface area contributed by atoms with E-state index in [-0.39, 0.29) is 25.1 Å². The summed E-state index contributed by atoms with van der Waals surface area (Å²) < 4.78 is 10.4. The smallest absolute Gasteiger partial charge is 0.338 e. The molecule has 2 N–H and O–H groups in total. The molecule has 0 fully saturated rings. The lowest BCUT2D eigenvalue weighted by Gasteiger charge is -2.28. The minimum absolute atomic E-state index is 0.142. The number of nitrogens with one attached hydrogen (secondary N) is 2. The zero-order valence-corrected chi connectivity index (χ0v) is 14.1. The van der Waals surface area contributed by atoms with Crippen molar-refractivity contribution in [3.8, 4) is 0 Å². The van der Waals surface area contributed by atoms with E-state index in [1.165, 1.54) is 0 Å². The number of ether oxygens (including phenoxy) is 2. The van der Waals surface area contributed by atoms with Gasteiger partial charge < -0.3 is 20.1 Å². The van der Waals surface area contributed by atoms with Gasteiger partial charge in [-0.25, -0.2) is 9.59 Å². The Morgan fingerprint density at radius 2 is 2.04 bits per heavy atom. The molecule has 1 aliphatic carbocycles. The third-order valence-electron chi connectivity index (χ3n) is 4.11. The summed E-state index contributed by atoms with van der Waals surface area (Å²) >= 11 is 0. The Morgan fingerprint density at radius 1 is 1.25 bits per heavy atom. The van der Waals surface area contributed by atoms with E-state index in [0.717, 1.165) is 12.8 Å². The predicted molar refractivity (Wildman–Crippen MR) is 86.8 cm³/mol. The molecule has 1 heterocycles. The van der Waals surface area contributed by atoms with E-state index < -0.39 is 18.0 Å². The molecule has 0 aromatic carbocycles. The minimum atomic E-state index is -0.511. The second-order valence-electron chi connectivity index (χ2n) is 5.76. The first kappa shape index (κ1) is 18.0. The molecule has 2 amide bonds. The number of carbonyl (C=O) groups is 3. The largest absolute Gasteiger partial charge is 0.463 e. The lowest BCUT2D eigenvalue weighted by Crippen LogP contribution is -2.51. The molecule has 132 valence electrons. The molecule has 0 spiro atoms. The van der Waals surface area contributed by atoms with Crippen molar-refractivity contribution < 1.29 is 23.9 Å². The van der Waals surface area contributed by atoms with Crippen LogP contribution in [0.4, 0.5) is 4.79 Å². The van der Waals surface area contributed by atoms with Crippen molar-refractivity contribution in [2.45, 2.75) is 45.6 Å². The van der Waals surface area contributed by atoms with Crippen LogP contribution in [0.25, 0.3) is 0 Å². The fourth-order valence-electron chi connectivity index (χ4n) is 2.84. The molecule has 7 nitrogen and oxygen atoms in total. The molecule has 0 saturated heterocycles. The van der Waals surface area contributed by atoms with E-state index in [9.17, 15) is 14.4 Å². The maximum absolute atomic E-state index is 12.2. The van der Waals surface area contributed by atoms with Crippen molar-refractivity contribution in [1.29, 1.82) is 0 Å². The van der Waals surface area contributed by atoms with Crippen LogP contribution in [0.2, 0.25) is 0 Å². The van der Waals surface area contributed by atoms with E-state index in [0.29, 0.717) is 24.1 Å². The zero-order chi connectivity index (χ0) is 17.5. The molecule has 0 unspecified atom stereocenters. The van der Waals surface area contributed by atoms with Gasteiger partial charge in [-0.1, -0.05) is 19.1 Å². The average Bonchev–Trinajstić information content (AvgIpc) is 2.59. The molecule has 2 aliphatic rings. The van der Waals surface area contributed by atoms with Gasteiger partial charge in [-0.15, -0.1) is 0 Å². The predicted octanol–water partition coefficient (Wildman–Crippen LogP) is 1.79. The van der Waals surface area contributed by atoms with Gasteiger partial charge in [-0.2, -0.15) is 0 Å². The summed E-state index contributed by atoms with van der Waals surface area (Å²) in [5, 5.41) is 5.24. The number of hydrogen-bond donors (Lipinski definition) is 2. The van der Waals surface area contributed by atoms with Crippen LogP contribution in [-0.2, 0) is 19.1 Å². The highest BCUT2D eigenvalue weighted by atomic mass is 16.5. The number of rotatable bonds is 6. The van der Waals surface area contributed by atoms with Crippen LogP contribution in [-0.4, -0.2) is 37.2 Å². The number of allylic oxidation sites excluding steroid dienone is 2. The number of urea groups is 1. The summed E-state index contributed by atoms with van der Waals surface area (Å²) in [4.78, 5) is 36.1. The third kappa shape index (κ3) is 4.37. The topological polar surface area (TPSA) is 93.7 Å². The Morgan fingerprint density at radius 3 is 2.67 bits per heavy atom. The highest BCUT2D eigenvalue weighted by molar-refractivity contribution is 5.94. The van der Waals surface area contributed by atoms with Gasteiger partial charge in [0.1, 0.15) is 6.61 Å². The van der Waals surface area contributed by atoms with Crippen LogP contribution < -0.4 is 10.6 Å². The van der Waals surface area contributed by atoms with E-state index in [1.54, 1.807) is 6.92 Å². The first-order chi connectivity index (χ1) is 11.6. The first-order valence-corrected chi connectivity index (χ1v) is 8.36. The molecule has 0 saturated carbocycles. The summed E-state index contributed by atoms with van der Waals surface area (Å²) in [6, 6.07) is -0.870. The zero-order valence-electron chi connectivity index (χ0n) is 14.1. The lowest BCUT2D eigenvalue weighted by molar-refractivity contribution is -0.148. The molecule has 7 heteroatoms. The molecule has 0 aromatic heterocycles. The van der Waals surface area contributed by atoms with Gasteiger partial charge in [0.2, 0.25) is 0 Å². The van der Waals surface area contributed by atoms with E-state index >= 15 is 0 Å². The number of esters is 2. The number of amides is 2. The van der Waals surface area contributed by atoms with Crippen molar-refractivity contribution in [1.82, 2.24) is 10.6 Å². The summed E-state index contributed by atoms with van der Waals surface area (Å²) in [6.07, 6.45) is 6.82. The van der Waals surface area contributed by atoms with E-state index in [4.69, 9.17) is 9.47 Å². The van der Waals surface area contributed by atoms with Crippen molar-refractivity contribution in [2.24, 2.45) is 5.92 Å². The van der Waals surface area contributed by atoms with Gasteiger partial charge in [0.25, 0.3) is 0 Å². The quantitative estimate of drug-likeness (QED) is 0.570. The van der Waals surface area contributed by atoms with E-state index in [1.807, 2.05) is 19.1 Å². The lowest BCUT2D eigenvalue weighted by atomic mass is 9.95. The molecule has 0 aromatic rings. The SMILES string of the molecule is CCOC(=O)C1=C(COC(=O)[C@@H]2CC=CCC2)NC(=O)N[C@@H]1CC. The monoisotopic (exact) mass is 336 g/mol. The number of hydrogen-bond acceptors (Lipinski definition) is 5. The van der Waals surface area contributed by atoms with Crippen molar-refractivity contribution in [3.63, 3.8) is 0 Å². The van der Waals surface area contributed by atoms with Gasteiger partial charge in [-0.05, 0) is 32.6 Å². The fourth-order valence-corrected chi connectivity index (χ4v) is 2.84. The maximum atomic E-state index is 12.2. The van der Waals surface area contributed by atoms with Gasteiger partial charge in [0.05, 0.1) is 29.8 Å². The Kier molecular flexibility index (Phi) is 6.40. The maximum Gasteiger partial charge on any atom is 0.338 e. The van der Waals surface area contributed by atoms with Crippen LogP contribution in [0.15, 0.2) is 23.4 Å². The number of carbonyl (C=O) groups excluding carboxylic acids is 3. The van der Waals surface area contributed by atoms with Crippen LogP contribution in [0.1, 0.15) is 39.5 Å². The molecule has 1 aliphatic heterocycles. The van der Waals surface area contributed by atoms with Gasteiger partial charge in [0, 0.05) is 0 Å². The summed E-state index contributed by atoms with van der Waals surface area (Å²) in [7, 11) is 0. The van der Waals surface area contributed by atoms with Crippen LogP contribution in [0.3, 0.4) is 0 Å². The molecule has 24 heavy (non-hydrogen) atoms. The van der Waals surface area contributed by atoms with Crippen molar-refractivity contribution >= 4 is 18.0 Å².